The number of furan rings is 1. The second-order valence-electron chi connectivity index (χ2n) is 1.47. The molecule has 0 aliphatic rings. The molecule has 4 radical (unpaired) electrons. The van der Waals surface area contributed by atoms with E-state index >= 15 is 0 Å². The van der Waals surface area contributed by atoms with Gasteiger partial charge in [0.1, 0.15) is 7.82 Å². The molecule has 7 nitrogen and oxygen atoms in total. The fourth-order valence-corrected chi connectivity index (χ4v) is 0.750. The van der Waals surface area contributed by atoms with E-state index in [4.69, 9.17) is 0 Å². The summed E-state index contributed by atoms with van der Waals surface area (Å²) in [6, 6.07) is 2.63. The summed E-state index contributed by atoms with van der Waals surface area (Å²) in [6.07, 6.45) is 1.20. The Hall–Kier alpha value is 0.0721. The Morgan fingerprint density at radius 1 is 1.46 bits per heavy atom. The summed E-state index contributed by atoms with van der Waals surface area (Å²) in [5, 5.41) is 0. The Labute approximate surface area is 93.7 Å². The molecule has 0 unspecified atom stereocenters. The van der Waals surface area contributed by atoms with E-state index in [1.165, 1.54) is 18.4 Å². The molecule has 1 aromatic heterocycles. The van der Waals surface area contributed by atoms with Crippen molar-refractivity contribution < 1.29 is 34.2 Å². The summed E-state index contributed by atoms with van der Waals surface area (Å²) < 4.78 is 18.1. The minimum Gasteiger partial charge on any atom is -0.870 e. The largest absolute Gasteiger partial charge is 0.870 e. The zero-order valence-corrected chi connectivity index (χ0v) is 10.9. The van der Waals surface area contributed by atoms with Crippen molar-refractivity contribution in [1.82, 2.24) is 0 Å². The van der Waals surface area contributed by atoms with Crippen LogP contribution in [0.25, 0.3) is 0 Å². The van der Waals surface area contributed by atoms with Crippen molar-refractivity contribution in [1.29, 1.82) is 0 Å². The second kappa shape index (κ2) is 7.47. The summed E-state index contributed by atoms with van der Waals surface area (Å²) in [6.45, 7) is 0. The first-order valence-electron chi connectivity index (χ1n) is 2.33. The maximum Gasteiger partial charge on any atom is 0.287 e. The van der Waals surface area contributed by atoms with Gasteiger partial charge in [0.25, 0.3) is 5.95 Å². The van der Waals surface area contributed by atoms with Crippen LogP contribution in [0.1, 0.15) is 0 Å². The van der Waals surface area contributed by atoms with Gasteiger partial charge in [0.2, 0.25) is 0 Å². The van der Waals surface area contributed by atoms with Crippen LogP contribution in [0.15, 0.2) is 22.8 Å². The zero-order chi connectivity index (χ0) is 7.61. The molecule has 0 spiro atoms. The van der Waals surface area contributed by atoms with Gasteiger partial charge in [-0.1, -0.05) is 0 Å². The van der Waals surface area contributed by atoms with Crippen molar-refractivity contribution in [3.8, 4) is 5.95 Å². The van der Waals surface area contributed by atoms with E-state index in [2.05, 4.69) is 8.94 Å². The smallest absolute Gasteiger partial charge is 0.287 e. The fourth-order valence-electron chi connectivity index (χ4n) is 0.426. The van der Waals surface area contributed by atoms with Gasteiger partial charge in [-0.05, 0) is 6.07 Å². The molecule has 1 rings (SSSR count). The standard InChI is InChI=1S/C4H5O5P.2H2O.Pb/c5-10(6,7)9-4-2-1-3-8-4;;;/h1-3H,(H2,5,6,7);2*1H2;/p-3. The van der Waals surface area contributed by atoms with Gasteiger partial charge in [0.05, 0.1) is 6.26 Å². The molecule has 0 saturated heterocycles. The van der Waals surface area contributed by atoms with Gasteiger partial charge >= 0.3 is 0 Å². The van der Waals surface area contributed by atoms with Crippen LogP contribution in [0.4, 0.5) is 0 Å². The molecule has 0 bridgehead atoms. The van der Waals surface area contributed by atoms with Crippen LogP contribution in [0.5, 0.6) is 5.95 Å². The molecule has 0 atom stereocenters. The van der Waals surface area contributed by atoms with E-state index in [0.717, 1.165) is 0 Å². The SMILES string of the molecule is O.O=P([O-])([O-])Oc1ccco1.[OH-].[Pb]. The Kier molecular flexibility index (Phi) is 10.8. The van der Waals surface area contributed by atoms with Crippen molar-refractivity contribution in [2.45, 2.75) is 0 Å². The van der Waals surface area contributed by atoms with E-state index in [-0.39, 0.29) is 44.2 Å². The molecule has 13 heavy (non-hydrogen) atoms. The van der Waals surface area contributed by atoms with Gasteiger partial charge in [-0.2, -0.15) is 0 Å². The topological polar surface area (TPSA) is 147 Å². The summed E-state index contributed by atoms with van der Waals surface area (Å²) in [5.74, 6) is -0.312. The molecule has 0 fully saturated rings. The first kappa shape index (κ1) is 18.8. The van der Waals surface area contributed by atoms with Crippen LogP contribution in [-0.4, -0.2) is 38.3 Å². The molecule has 0 aliphatic heterocycles. The van der Waals surface area contributed by atoms with Crippen LogP contribution in [0.3, 0.4) is 0 Å². The third-order valence-electron chi connectivity index (χ3n) is 0.697. The van der Waals surface area contributed by atoms with Crippen LogP contribution < -0.4 is 14.3 Å². The van der Waals surface area contributed by atoms with Gasteiger partial charge in [0, 0.05) is 33.4 Å². The van der Waals surface area contributed by atoms with Crippen LogP contribution in [-0.2, 0) is 4.57 Å². The molecular weight excluding hydrogens is 398 g/mol. The molecule has 1 heterocycles. The van der Waals surface area contributed by atoms with Crippen molar-refractivity contribution in [3.63, 3.8) is 0 Å². The Bertz CT molecular complexity index is 241. The Morgan fingerprint density at radius 3 is 2.31 bits per heavy atom. The van der Waals surface area contributed by atoms with E-state index < -0.39 is 7.82 Å². The number of rotatable bonds is 2. The summed E-state index contributed by atoms with van der Waals surface area (Å²) >= 11 is 0. The molecular formula is C4H6O7PPb-3. The number of hydrogen-bond donors (Lipinski definition) is 0. The molecule has 0 aromatic carbocycles. The number of hydrogen-bond acceptors (Lipinski definition) is 6. The summed E-state index contributed by atoms with van der Waals surface area (Å²) in [5.41, 5.74) is 0. The van der Waals surface area contributed by atoms with Gasteiger partial charge in [-0.3, -0.25) is 0 Å². The van der Waals surface area contributed by atoms with Gasteiger partial charge < -0.3 is 34.2 Å². The van der Waals surface area contributed by atoms with Crippen molar-refractivity contribution in [3.05, 3.63) is 18.4 Å². The third kappa shape index (κ3) is 8.40. The molecule has 3 N–H and O–H groups in total. The fraction of sp³-hybridized carbons (Fsp3) is 0. The van der Waals surface area contributed by atoms with E-state index in [1.54, 1.807) is 0 Å². The minimum atomic E-state index is -4.95. The molecule has 76 valence electrons. The van der Waals surface area contributed by atoms with Crippen LogP contribution in [0.2, 0.25) is 0 Å². The first-order valence-corrected chi connectivity index (χ1v) is 3.79. The maximum absolute atomic E-state index is 9.89. The van der Waals surface area contributed by atoms with Crippen molar-refractivity contribution in [2.75, 3.05) is 0 Å². The summed E-state index contributed by atoms with van der Waals surface area (Å²) in [7, 11) is -4.95. The molecule has 9 heteroatoms. The molecule has 1 aromatic rings. The van der Waals surface area contributed by atoms with Crippen molar-refractivity contribution in [2.24, 2.45) is 0 Å². The zero-order valence-electron chi connectivity index (χ0n) is 6.17. The minimum absolute atomic E-state index is 0. The van der Waals surface area contributed by atoms with Crippen LogP contribution in [0, 0.1) is 0 Å². The number of phosphoric acid groups is 1. The quantitative estimate of drug-likeness (QED) is 0.416. The van der Waals surface area contributed by atoms with Gasteiger partial charge in [0.15, 0.2) is 0 Å². The molecule has 0 saturated carbocycles. The van der Waals surface area contributed by atoms with Crippen molar-refractivity contribution >= 4 is 35.1 Å². The summed E-state index contributed by atoms with van der Waals surface area (Å²) in [4.78, 5) is 19.8. The number of phosphoric ester groups is 1. The normalized spacial score (nSPS) is 8.77. The third-order valence-corrected chi connectivity index (χ3v) is 1.10. The first-order chi connectivity index (χ1) is 4.58. The predicted octanol–water partition coefficient (Wildman–Crippen LogP) is -1.90. The maximum atomic E-state index is 9.89. The average molecular weight is 404 g/mol. The Morgan fingerprint density at radius 2 is 2.00 bits per heavy atom. The van der Waals surface area contributed by atoms with E-state index in [9.17, 15) is 14.4 Å². The van der Waals surface area contributed by atoms with Crippen LogP contribution >= 0.6 is 7.82 Å². The predicted molar refractivity (Wildman–Crippen MR) is 38.2 cm³/mol. The monoisotopic (exact) mass is 405 g/mol. The molecule has 0 aliphatic carbocycles. The van der Waals surface area contributed by atoms with E-state index in [0.29, 0.717) is 0 Å². The van der Waals surface area contributed by atoms with Gasteiger partial charge in [-0.15, -0.1) is 0 Å². The second-order valence-corrected chi connectivity index (χ2v) is 2.55. The molecule has 0 amide bonds. The van der Waals surface area contributed by atoms with E-state index in [1.807, 2.05) is 0 Å². The Balaban J connectivity index is -0.000000333. The van der Waals surface area contributed by atoms with Gasteiger partial charge in [-0.25, -0.2) is 0 Å². The average Bonchev–Trinajstić information content (AvgIpc) is 2.12.